The lowest BCUT2D eigenvalue weighted by atomic mass is 10.0. The molecule has 1 aromatic carbocycles. The number of nitrogens with zero attached hydrogens (tertiary/aromatic N) is 1. The quantitative estimate of drug-likeness (QED) is 0.591. The number of aryl methyl sites for hydroxylation is 1. The Morgan fingerprint density at radius 1 is 1.20 bits per heavy atom. The van der Waals surface area contributed by atoms with Gasteiger partial charge in [0.1, 0.15) is 0 Å². The van der Waals surface area contributed by atoms with Gasteiger partial charge in [-0.3, -0.25) is 4.99 Å². The number of hydrogen-bond acceptors (Lipinski definition) is 1. The number of benzene rings is 1. The van der Waals surface area contributed by atoms with Gasteiger partial charge in [0.25, 0.3) is 0 Å². The van der Waals surface area contributed by atoms with Gasteiger partial charge in [-0.05, 0) is 31.9 Å². The maximum atomic E-state index is 3.90. The van der Waals surface area contributed by atoms with E-state index in [1.807, 2.05) is 0 Å². The summed E-state index contributed by atoms with van der Waals surface area (Å²) in [7, 11) is 1.75. The maximum Gasteiger partial charge on any atom is 0.0861 e. The molecule has 0 aromatic heterocycles. The average molecular weight is 202 g/mol. The topological polar surface area (TPSA) is 24.4 Å². The second-order valence-corrected chi connectivity index (χ2v) is 3.65. The normalized spacial score (nSPS) is 12.8. The fourth-order valence-corrected chi connectivity index (χ4v) is 1.29. The van der Waals surface area contributed by atoms with Gasteiger partial charge in [0.15, 0.2) is 0 Å². The van der Waals surface area contributed by atoms with Gasteiger partial charge in [0.2, 0.25) is 0 Å². The summed E-state index contributed by atoms with van der Waals surface area (Å²) in [5, 5.41) is 3.13. The molecule has 0 aliphatic carbocycles. The summed E-state index contributed by atoms with van der Waals surface area (Å²) in [6.07, 6.45) is 1.70. The van der Waals surface area contributed by atoms with Crippen LogP contribution in [0.3, 0.4) is 0 Å². The second-order valence-electron chi connectivity index (χ2n) is 3.65. The van der Waals surface area contributed by atoms with Gasteiger partial charge in [0, 0.05) is 12.7 Å². The molecule has 1 rings (SSSR count). The van der Waals surface area contributed by atoms with Crippen molar-refractivity contribution >= 4 is 11.9 Å². The lowest BCUT2D eigenvalue weighted by Crippen LogP contribution is -2.09. The minimum Gasteiger partial charge on any atom is -0.350 e. The molecular formula is C13H18N2. The summed E-state index contributed by atoms with van der Waals surface area (Å²) >= 11 is 0. The van der Waals surface area contributed by atoms with Gasteiger partial charge in [-0.15, -0.1) is 0 Å². The molecule has 15 heavy (non-hydrogen) atoms. The van der Waals surface area contributed by atoms with Crippen molar-refractivity contribution < 1.29 is 0 Å². The molecule has 1 N–H and O–H groups in total. The Hall–Kier alpha value is -1.57. The fraction of sp³-hybridized carbons (Fsp3) is 0.308. The number of nitrogens with one attached hydrogen (secondary N) is 1. The van der Waals surface area contributed by atoms with Crippen LogP contribution in [-0.2, 0) is 0 Å². The Balaban J connectivity index is 2.91. The van der Waals surface area contributed by atoms with E-state index < -0.39 is 0 Å². The van der Waals surface area contributed by atoms with Crippen LogP contribution in [0.25, 0.3) is 5.57 Å². The van der Waals surface area contributed by atoms with E-state index in [1.165, 1.54) is 16.7 Å². The van der Waals surface area contributed by atoms with Crippen molar-refractivity contribution in [3.63, 3.8) is 0 Å². The van der Waals surface area contributed by atoms with E-state index in [0.29, 0.717) is 0 Å². The molecule has 0 heterocycles. The predicted octanol–water partition coefficient (Wildman–Crippen LogP) is 2.99. The summed E-state index contributed by atoms with van der Waals surface area (Å²) in [5.41, 5.74) is 4.90. The smallest absolute Gasteiger partial charge is 0.0861 e. The Labute approximate surface area is 91.7 Å². The van der Waals surface area contributed by atoms with E-state index in [0.717, 1.165) is 5.70 Å². The molecule has 0 spiro atoms. The highest BCUT2D eigenvalue weighted by molar-refractivity contribution is 5.70. The van der Waals surface area contributed by atoms with E-state index >= 15 is 0 Å². The van der Waals surface area contributed by atoms with Gasteiger partial charge < -0.3 is 5.32 Å². The zero-order valence-electron chi connectivity index (χ0n) is 9.83. The van der Waals surface area contributed by atoms with Crippen molar-refractivity contribution in [2.75, 3.05) is 7.05 Å². The first kappa shape index (κ1) is 11.5. The molecule has 0 amide bonds. The summed E-state index contributed by atoms with van der Waals surface area (Å²) in [6, 6.07) is 8.53. The Morgan fingerprint density at radius 3 is 2.33 bits per heavy atom. The van der Waals surface area contributed by atoms with Crippen LogP contribution in [0.5, 0.6) is 0 Å². The van der Waals surface area contributed by atoms with Crippen LogP contribution in [0, 0.1) is 6.92 Å². The fourth-order valence-electron chi connectivity index (χ4n) is 1.29. The lowest BCUT2D eigenvalue weighted by Gasteiger charge is -2.07. The highest BCUT2D eigenvalue weighted by Crippen LogP contribution is 2.16. The van der Waals surface area contributed by atoms with Gasteiger partial charge in [0.05, 0.1) is 6.34 Å². The molecule has 0 saturated carbocycles. The third kappa shape index (κ3) is 3.24. The molecule has 2 heteroatoms. The molecule has 0 radical (unpaired) electrons. The Kier molecular flexibility index (Phi) is 4.10. The first-order valence-corrected chi connectivity index (χ1v) is 5.07. The van der Waals surface area contributed by atoms with Crippen LogP contribution < -0.4 is 5.32 Å². The largest absolute Gasteiger partial charge is 0.350 e. The minimum absolute atomic E-state index is 1.13. The van der Waals surface area contributed by atoms with E-state index in [2.05, 4.69) is 55.3 Å². The molecule has 2 nitrogen and oxygen atoms in total. The molecule has 0 fully saturated rings. The average Bonchev–Trinajstić information content (AvgIpc) is 2.26. The SMILES string of the molecule is CN=CN/C(C)=C(\C)c1ccc(C)cc1. The predicted molar refractivity (Wildman–Crippen MR) is 67.0 cm³/mol. The molecule has 0 aliphatic heterocycles. The molecule has 0 unspecified atom stereocenters. The van der Waals surface area contributed by atoms with E-state index in [-0.39, 0.29) is 0 Å². The molecule has 0 bridgehead atoms. The van der Waals surface area contributed by atoms with E-state index in [9.17, 15) is 0 Å². The highest BCUT2D eigenvalue weighted by Gasteiger charge is 1.98. The van der Waals surface area contributed by atoms with Crippen LogP contribution >= 0.6 is 0 Å². The summed E-state index contributed by atoms with van der Waals surface area (Å²) in [5.74, 6) is 0. The third-order valence-corrected chi connectivity index (χ3v) is 2.46. The molecule has 0 saturated heterocycles. The Bertz CT molecular complexity index is 372. The first-order valence-electron chi connectivity index (χ1n) is 5.07. The molecule has 0 atom stereocenters. The minimum atomic E-state index is 1.13. The summed E-state index contributed by atoms with van der Waals surface area (Å²) in [4.78, 5) is 3.90. The van der Waals surface area contributed by atoms with Crippen LogP contribution in [0.4, 0.5) is 0 Å². The zero-order chi connectivity index (χ0) is 11.3. The monoisotopic (exact) mass is 202 g/mol. The van der Waals surface area contributed by atoms with Gasteiger partial charge in [-0.2, -0.15) is 0 Å². The number of aliphatic imine (C=N–C) groups is 1. The van der Waals surface area contributed by atoms with E-state index in [4.69, 9.17) is 0 Å². The van der Waals surface area contributed by atoms with E-state index in [1.54, 1.807) is 13.4 Å². The van der Waals surface area contributed by atoms with Crippen molar-refractivity contribution in [3.05, 3.63) is 41.1 Å². The Morgan fingerprint density at radius 2 is 1.80 bits per heavy atom. The summed E-state index contributed by atoms with van der Waals surface area (Å²) < 4.78 is 0. The lowest BCUT2D eigenvalue weighted by molar-refractivity contribution is 1.13. The van der Waals surface area contributed by atoms with Gasteiger partial charge in [-0.1, -0.05) is 29.8 Å². The van der Waals surface area contributed by atoms with Crippen molar-refractivity contribution in [1.29, 1.82) is 0 Å². The molecule has 1 aromatic rings. The number of rotatable bonds is 3. The standard InChI is InChI=1S/C13H18N2/c1-10-5-7-13(8-6-10)11(2)12(3)15-9-14-4/h5-9H,1-4H3,(H,14,15)/b12-11+. The van der Waals surface area contributed by atoms with Gasteiger partial charge in [-0.25, -0.2) is 0 Å². The van der Waals surface area contributed by atoms with Crippen LogP contribution in [-0.4, -0.2) is 13.4 Å². The van der Waals surface area contributed by atoms with Crippen molar-refractivity contribution in [2.45, 2.75) is 20.8 Å². The van der Waals surface area contributed by atoms with Crippen molar-refractivity contribution in [2.24, 2.45) is 4.99 Å². The third-order valence-electron chi connectivity index (χ3n) is 2.46. The number of allylic oxidation sites excluding steroid dienone is 2. The maximum absolute atomic E-state index is 3.90. The van der Waals surface area contributed by atoms with Crippen molar-refractivity contribution in [1.82, 2.24) is 5.32 Å². The summed E-state index contributed by atoms with van der Waals surface area (Å²) in [6.45, 7) is 6.26. The van der Waals surface area contributed by atoms with Crippen LogP contribution in [0.1, 0.15) is 25.0 Å². The molecular weight excluding hydrogens is 184 g/mol. The number of hydrogen-bond donors (Lipinski definition) is 1. The first-order chi connectivity index (χ1) is 7.15. The second kappa shape index (κ2) is 5.35. The van der Waals surface area contributed by atoms with Crippen LogP contribution in [0.15, 0.2) is 35.0 Å². The van der Waals surface area contributed by atoms with Crippen molar-refractivity contribution in [3.8, 4) is 0 Å². The van der Waals surface area contributed by atoms with Gasteiger partial charge >= 0.3 is 0 Å². The zero-order valence-corrected chi connectivity index (χ0v) is 9.83. The highest BCUT2D eigenvalue weighted by atomic mass is 14.9. The molecule has 80 valence electrons. The molecule has 0 aliphatic rings. The van der Waals surface area contributed by atoms with Crippen LogP contribution in [0.2, 0.25) is 0 Å².